The molecule has 1 aliphatic carbocycles. The molecule has 0 amide bonds. The van der Waals surface area contributed by atoms with Gasteiger partial charge in [-0.05, 0) is 59.7 Å². The molecule has 7 rings (SSSR count). The molecule has 3 aromatic carbocycles. The van der Waals surface area contributed by atoms with E-state index in [0.29, 0.717) is 30.6 Å². The van der Waals surface area contributed by atoms with Crippen molar-refractivity contribution in [2.24, 2.45) is 5.92 Å². The number of allylic oxidation sites excluding steroid dienone is 1. The molecule has 0 saturated heterocycles. The van der Waals surface area contributed by atoms with Crippen molar-refractivity contribution in [3.63, 3.8) is 0 Å². The zero-order valence-electron chi connectivity index (χ0n) is 21.2. The molecule has 9 heteroatoms. The number of nitrogens with one attached hydrogen (secondary N) is 1. The highest BCUT2D eigenvalue weighted by Crippen LogP contribution is 2.49. The fourth-order valence-electron chi connectivity index (χ4n) is 5.49. The molecule has 1 N–H and O–H groups in total. The molecule has 0 atom stereocenters. The van der Waals surface area contributed by atoms with Gasteiger partial charge in [0.2, 0.25) is 0 Å². The molecule has 0 radical (unpaired) electrons. The summed E-state index contributed by atoms with van der Waals surface area (Å²) in [5.74, 6) is 1.82. The lowest BCUT2D eigenvalue weighted by Gasteiger charge is -2.16. The molecule has 8 nitrogen and oxygen atoms in total. The number of rotatable bonds is 6. The number of hydrogen-bond acceptors (Lipinski definition) is 6. The van der Waals surface area contributed by atoms with E-state index < -0.39 is 5.76 Å². The van der Waals surface area contributed by atoms with Gasteiger partial charge >= 0.3 is 5.76 Å². The summed E-state index contributed by atoms with van der Waals surface area (Å²) in [7, 11) is 1.66. The van der Waals surface area contributed by atoms with Gasteiger partial charge in [-0.1, -0.05) is 53.2 Å². The third-order valence-corrected chi connectivity index (χ3v) is 7.66. The molecule has 196 valence electrons. The largest absolute Gasteiger partial charge is 0.488 e. The van der Waals surface area contributed by atoms with Crippen molar-refractivity contribution in [3.05, 3.63) is 110 Å². The quantitative estimate of drug-likeness (QED) is 0.291. The zero-order valence-corrected chi connectivity index (χ0v) is 22.0. The van der Waals surface area contributed by atoms with Crippen molar-refractivity contribution < 1.29 is 14.0 Å². The molecule has 1 aliphatic heterocycles. The molecular formula is C30H25ClN4O4. The highest BCUT2D eigenvalue weighted by atomic mass is 35.5. The number of methoxy groups -OCH3 is 1. The van der Waals surface area contributed by atoms with Crippen LogP contribution in [0.5, 0.6) is 5.75 Å². The number of aromatic amines is 1. The summed E-state index contributed by atoms with van der Waals surface area (Å²) in [5.41, 5.74) is 7.93. The Kier molecular flexibility index (Phi) is 5.86. The lowest BCUT2D eigenvalue weighted by molar-refractivity contribution is 0.175. The lowest BCUT2D eigenvalue weighted by atomic mass is 9.87. The molecule has 2 aromatic heterocycles. The molecule has 0 unspecified atom stereocenters. The van der Waals surface area contributed by atoms with E-state index in [0.717, 1.165) is 68.8 Å². The fourth-order valence-corrected chi connectivity index (χ4v) is 5.70. The molecular weight excluding hydrogens is 516 g/mol. The normalized spacial score (nSPS) is 15.9. The molecule has 0 bridgehead atoms. The maximum Gasteiger partial charge on any atom is 0.439 e. The minimum atomic E-state index is -0.558. The van der Waals surface area contributed by atoms with E-state index in [2.05, 4.69) is 39.0 Å². The van der Waals surface area contributed by atoms with Gasteiger partial charge in [0, 0.05) is 30.4 Å². The topological polar surface area (TPSA) is 95.2 Å². The molecule has 1 fully saturated rings. The van der Waals surface area contributed by atoms with E-state index in [4.69, 9.17) is 30.6 Å². The summed E-state index contributed by atoms with van der Waals surface area (Å²) < 4.78 is 18.8. The summed E-state index contributed by atoms with van der Waals surface area (Å²) in [6.07, 6.45) is 2.06. The number of H-pyrrole nitrogens is 1. The number of ether oxygens (including phenoxy) is 2. The Morgan fingerprint density at radius 3 is 2.79 bits per heavy atom. The van der Waals surface area contributed by atoms with E-state index in [1.807, 2.05) is 36.4 Å². The molecule has 5 aromatic rings. The number of halogens is 1. The first-order valence-electron chi connectivity index (χ1n) is 12.9. The average Bonchev–Trinajstić information content (AvgIpc) is 3.63. The van der Waals surface area contributed by atoms with Crippen molar-refractivity contribution in [3.8, 4) is 5.75 Å². The maximum atomic E-state index is 11.9. The first-order chi connectivity index (χ1) is 19.1. The van der Waals surface area contributed by atoms with Crippen LogP contribution >= 0.6 is 11.6 Å². The first kappa shape index (κ1) is 23.9. The summed E-state index contributed by atoms with van der Waals surface area (Å²) in [4.78, 5) is 19.5. The van der Waals surface area contributed by atoms with Crippen molar-refractivity contribution in [1.82, 2.24) is 19.7 Å². The Labute approximate surface area is 228 Å². The van der Waals surface area contributed by atoms with Gasteiger partial charge in [0.1, 0.15) is 30.3 Å². The first-order valence-corrected chi connectivity index (χ1v) is 13.3. The Bertz CT molecular complexity index is 1810. The number of nitrogens with zero attached hydrogens (tertiary/aromatic N) is 3. The minimum Gasteiger partial charge on any atom is -0.488 e. The number of imidazole rings is 1. The van der Waals surface area contributed by atoms with Crippen molar-refractivity contribution in [2.75, 3.05) is 7.11 Å². The van der Waals surface area contributed by atoms with E-state index in [9.17, 15) is 4.79 Å². The molecule has 1 saturated carbocycles. The van der Waals surface area contributed by atoms with Gasteiger partial charge in [0.05, 0.1) is 10.5 Å². The van der Waals surface area contributed by atoms with E-state index in [-0.39, 0.29) is 5.92 Å². The minimum absolute atomic E-state index is 0.290. The van der Waals surface area contributed by atoms with Gasteiger partial charge in [0.15, 0.2) is 5.82 Å². The van der Waals surface area contributed by atoms with Gasteiger partial charge in [-0.2, -0.15) is 0 Å². The smallest absolute Gasteiger partial charge is 0.439 e. The van der Waals surface area contributed by atoms with E-state index in [1.54, 1.807) is 7.11 Å². The van der Waals surface area contributed by atoms with E-state index >= 15 is 0 Å². The molecule has 3 heterocycles. The Morgan fingerprint density at radius 2 is 2.00 bits per heavy atom. The van der Waals surface area contributed by atoms with Gasteiger partial charge < -0.3 is 14.0 Å². The van der Waals surface area contributed by atoms with Crippen molar-refractivity contribution >= 4 is 33.8 Å². The monoisotopic (exact) mass is 540 g/mol. The second kappa shape index (κ2) is 9.55. The van der Waals surface area contributed by atoms with Crippen LogP contribution in [0.4, 0.5) is 0 Å². The highest BCUT2D eigenvalue weighted by molar-refractivity contribution is 6.34. The summed E-state index contributed by atoms with van der Waals surface area (Å²) in [6, 6.07) is 20.3. The van der Waals surface area contributed by atoms with Crippen LogP contribution in [0.2, 0.25) is 5.02 Å². The van der Waals surface area contributed by atoms with Gasteiger partial charge in [-0.25, -0.2) is 9.78 Å². The number of fused-ring (bicyclic) bond motifs is 3. The third kappa shape index (κ3) is 4.26. The van der Waals surface area contributed by atoms with Crippen LogP contribution in [-0.2, 0) is 24.5 Å². The number of benzene rings is 3. The number of hydrogen-bond donors (Lipinski definition) is 1. The van der Waals surface area contributed by atoms with Crippen molar-refractivity contribution in [2.45, 2.75) is 32.6 Å². The number of para-hydroxylation sites is 2. The van der Waals surface area contributed by atoms with Gasteiger partial charge in [-0.15, -0.1) is 0 Å². The van der Waals surface area contributed by atoms with Gasteiger partial charge in [-0.3, -0.25) is 9.51 Å². The SMILES string of the molecule is COCc1nc2c(Cl)cccc2n1Cc1ccc2c(c1)COc1ccccc1C2=C(c1noc(=O)[nH]1)C1CC1. The van der Waals surface area contributed by atoms with Gasteiger partial charge in [0.25, 0.3) is 0 Å². The molecule has 39 heavy (non-hydrogen) atoms. The second-order valence-corrected chi connectivity index (χ2v) is 10.3. The van der Waals surface area contributed by atoms with Crippen LogP contribution in [-0.4, -0.2) is 26.8 Å². The van der Waals surface area contributed by atoms with Crippen LogP contribution in [0.3, 0.4) is 0 Å². The Hall–Kier alpha value is -4.14. The predicted molar refractivity (Wildman–Crippen MR) is 148 cm³/mol. The average molecular weight is 541 g/mol. The summed E-state index contributed by atoms with van der Waals surface area (Å²) in [6.45, 7) is 1.39. The maximum absolute atomic E-state index is 11.9. The third-order valence-electron chi connectivity index (χ3n) is 7.35. The molecule has 2 aliphatic rings. The van der Waals surface area contributed by atoms with Crippen LogP contribution in [0.15, 0.2) is 70.0 Å². The fraction of sp³-hybridized carbons (Fsp3) is 0.233. The van der Waals surface area contributed by atoms with E-state index in [1.165, 1.54) is 0 Å². The van der Waals surface area contributed by atoms with Crippen LogP contribution in [0.25, 0.3) is 22.2 Å². The van der Waals surface area contributed by atoms with Crippen LogP contribution in [0.1, 0.15) is 46.7 Å². The predicted octanol–water partition coefficient (Wildman–Crippen LogP) is 5.82. The van der Waals surface area contributed by atoms with Crippen molar-refractivity contribution in [1.29, 1.82) is 0 Å². The summed E-state index contributed by atoms with van der Waals surface area (Å²) >= 11 is 6.46. The Balaban J connectivity index is 1.38. The standard InChI is InChI=1S/C30H25ClN4O4/c1-37-16-25-32-28-22(31)6-4-7-23(28)35(25)14-17-9-12-20-19(13-17)15-38-24-8-3-2-5-21(24)27(20)26(18-10-11-18)29-33-30(36)39-34-29/h2-9,12-13,18H,10-11,14-16H2,1H3,(H,33,34,36). The van der Waals surface area contributed by atoms with Crippen LogP contribution in [0, 0.1) is 5.92 Å². The van der Waals surface area contributed by atoms with Crippen LogP contribution < -0.4 is 10.5 Å². The zero-order chi connectivity index (χ0) is 26.5. The Morgan fingerprint density at radius 1 is 1.13 bits per heavy atom. The second-order valence-electron chi connectivity index (χ2n) is 9.94. The molecule has 0 spiro atoms. The lowest BCUT2D eigenvalue weighted by Crippen LogP contribution is -2.08. The number of aromatic nitrogens is 4. The highest BCUT2D eigenvalue weighted by Gasteiger charge is 2.35. The summed E-state index contributed by atoms with van der Waals surface area (Å²) in [5, 5.41) is 4.70.